The number of nitrogens with zero attached hydrogens (tertiary/aromatic N) is 3. The topological polar surface area (TPSA) is 30.2 Å². The largest absolute Gasteiger partial charge is 0.276 e. The molecular weight excluding hydrogens is 567 g/mol. The molecule has 11 rings (SSSR count). The summed E-state index contributed by atoms with van der Waals surface area (Å²) in [7, 11) is 0. The van der Waals surface area contributed by atoms with E-state index in [1.807, 2.05) is 11.3 Å². The summed E-state index contributed by atoms with van der Waals surface area (Å²) in [6.45, 7) is 0. The van der Waals surface area contributed by atoms with Gasteiger partial charge in [0.2, 0.25) is 0 Å². The zero-order valence-corrected chi connectivity index (χ0v) is 24.8. The van der Waals surface area contributed by atoms with E-state index in [1.54, 1.807) is 0 Å². The third-order valence-corrected chi connectivity index (χ3v) is 11.2. The van der Waals surface area contributed by atoms with Crippen LogP contribution in [0.2, 0.25) is 0 Å². The molecule has 0 N–H and O–H groups in total. The first kappa shape index (κ1) is 23.8. The molecule has 2 aliphatic carbocycles. The summed E-state index contributed by atoms with van der Waals surface area (Å²) in [5.41, 5.74) is 14.0. The van der Waals surface area contributed by atoms with Crippen molar-refractivity contribution in [3.63, 3.8) is 0 Å². The molecule has 45 heavy (non-hydrogen) atoms. The Kier molecular flexibility index (Phi) is 4.40. The van der Waals surface area contributed by atoms with Crippen LogP contribution in [0.25, 0.3) is 70.6 Å². The molecule has 9 aromatic rings. The number of rotatable bonds is 1. The van der Waals surface area contributed by atoms with Gasteiger partial charge in [-0.15, -0.1) is 11.3 Å². The molecule has 0 fully saturated rings. The van der Waals surface area contributed by atoms with Crippen LogP contribution in [-0.2, 0) is 5.41 Å². The fourth-order valence-corrected chi connectivity index (χ4v) is 9.57. The van der Waals surface area contributed by atoms with Crippen LogP contribution in [-0.4, -0.2) is 14.4 Å². The van der Waals surface area contributed by atoms with Gasteiger partial charge in [0.1, 0.15) is 11.5 Å². The van der Waals surface area contributed by atoms with E-state index in [2.05, 4.69) is 144 Å². The average molecular weight is 590 g/mol. The fourth-order valence-electron chi connectivity index (χ4n) is 8.27. The first-order valence-electron chi connectivity index (χ1n) is 15.3. The van der Waals surface area contributed by atoms with Crippen LogP contribution in [0.3, 0.4) is 0 Å². The van der Waals surface area contributed by atoms with Crippen LogP contribution in [0, 0.1) is 0 Å². The van der Waals surface area contributed by atoms with Crippen LogP contribution in [0.1, 0.15) is 22.3 Å². The monoisotopic (exact) mass is 589 g/mol. The van der Waals surface area contributed by atoms with Gasteiger partial charge in [0.25, 0.3) is 0 Å². The highest BCUT2D eigenvalue weighted by molar-refractivity contribution is 7.22. The van der Waals surface area contributed by atoms with Gasteiger partial charge < -0.3 is 0 Å². The number of hydrogen-bond acceptors (Lipinski definition) is 3. The number of hydrogen-bond donors (Lipinski definition) is 0. The van der Waals surface area contributed by atoms with Crippen molar-refractivity contribution in [3.8, 4) is 33.0 Å². The second kappa shape index (κ2) is 8.32. The Labute approximate surface area is 262 Å². The third-order valence-electron chi connectivity index (χ3n) is 9.99. The third kappa shape index (κ3) is 2.82. The van der Waals surface area contributed by atoms with Gasteiger partial charge in [-0.2, -0.15) is 0 Å². The molecule has 2 aliphatic rings. The quantitative estimate of drug-likeness (QED) is 0.191. The molecule has 0 unspecified atom stereocenters. The van der Waals surface area contributed by atoms with Crippen LogP contribution in [0.4, 0.5) is 0 Å². The first-order valence-corrected chi connectivity index (χ1v) is 16.2. The van der Waals surface area contributed by atoms with Crippen molar-refractivity contribution in [1.29, 1.82) is 0 Å². The molecule has 3 heterocycles. The van der Waals surface area contributed by atoms with E-state index >= 15 is 0 Å². The number of para-hydroxylation sites is 3. The molecule has 0 aliphatic heterocycles. The minimum absolute atomic E-state index is 0.416. The zero-order chi connectivity index (χ0) is 29.3. The minimum Gasteiger partial charge on any atom is -0.276 e. The van der Waals surface area contributed by atoms with Gasteiger partial charge >= 0.3 is 0 Å². The highest BCUT2D eigenvalue weighted by atomic mass is 32.1. The van der Waals surface area contributed by atoms with Crippen LogP contribution >= 0.6 is 11.3 Å². The summed E-state index contributed by atoms with van der Waals surface area (Å²) in [5.74, 6) is 0.912. The molecule has 1 spiro atoms. The lowest BCUT2D eigenvalue weighted by Crippen LogP contribution is -2.25. The smallest absolute Gasteiger partial charge is 0.149 e. The highest BCUT2D eigenvalue weighted by Crippen LogP contribution is 2.66. The molecule has 0 amide bonds. The average Bonchev–Trinajstić information content (AvgIpc) is 3.83. The van der Waals surface area contributed by atoms with Crippen molar-refractivity contribution in [1.82, 2.24) is 14.4 Å². The maximum absolute atomic E-state index is 5.34. The van der Waals surface area contributed by atoms with E-state index in [0.717, 1.165) is 39.0 Å². The maximum atomic E-state index is 5.34. The fraction of sp³-hybridized carbons (Fsp3) is 0.0244. The van der Waals surface area contributed by atoms with Crippen LogP contribution in [0.15, 0.2) is 140 Å². The lowest BCUT2D eigenvalue weighted by Gasteiger charge is -2.30. The number of imidazole rings is 1. The maximum Gasteiger partial charge on any atom is 0.149 e. The van der Waals surface area contributed by atoms with E-state index in [4.69, 9.17) is 9.97 Å². The normalized spacial score (nSPS) is 14.0. The summed E-state index contributed by atoms with van der Waals surface area (Å²) in [6.07, 6.45) is 0. The van der Waals surface area contributed by atoms with Crippen LogP contribution in [0.5, 0.6) is 0 Å². The van der Waals surface area contributed by atoms with Crippen molar-refractivity contribution in [3.05, 3.63) is 162 Å². The minimum atomic E-state index is -0.416. The van der Waals surface area contributed by atoms with Crippen molar-refractivity contribution in [2.75, 3.05) is 0 Å². The highest BCUT2D eigenvalue weighted by Gasteiger charge is 2.53. The Hall–Kier alpha value is -5.58. The second-order valence-corrected chi connectivity index (χ2v) is 13.2. The van der Waals surface area contributed by atoms with Gasteiger partial charge in [-0.25, -0.2) is 9.97 Å². The number of benzene rings is 6. The lowest BCUT2D eigenvalue weighted by molar-refractivity contribution is 0.802. The summed E-state index contributed by atoms with van der Waals surface area (Å²) in [4.78, 5) is 11.8. The van der Waals surface area contributed by atoms with E-state index < -0.39 is 5.41 Å². The Bertz CT molecular complexity index is 2680. The number of fused-ring (bicyclic) bond motifs is 17. The molecule has 6 aromatic carbocycles. The Morgan fingerprint density at radius 2 is 1.20 bits per heavy atom. The van der Waals surface area contributed by atoms with Gasteiger partial charge in [0.15, 0.2) is 0 Å². The zero-order valence-electron chi connectivity index (χ0n) is 24.0. The van der Waals surface area contributed by atoms with E-state index in [9.17, 15) is 0 Å². The van der Waals surface area contributed by atoms with Crippen molar-refractivity contribution >= 4 is 49.0 Å². The molecule has 208 valence electrons. The Balaban J connectivity index is 1.30. The molecule has 0 bridgehead atoms. The molecule has 4 heteroatoms. The van der Waals surface area contributed by atoms with Crippen molar-refractivity contribution in [2.24, 2.45) is 0 Å². The Morgan fingerprint density at radius 3 is 2.02 bits per heavy atom. The standard InChI is InChI=1S/C41H23N3S/c1-5-15-30-25(11-1)26-12-2-6-16-31(26)41(30)32-23-24(21-22-27(32)38-37(41)29-14-4-10-20-36(29)45-38)39-42-33-17-7-3-13-28(33)40-43-34-18-8-9-19-35(34)44(39)40/h1-23H. The second-order valence-electron chi connectivity index (χ2n) is 12.1. The van der Waals surface area contributed by atoms with Gasteiger partial charge in [-0.3, -0.25) is 4.40 Å². The predicted molar refractivity (Wildman–Crippen MR) is 185 cm³/mol. The molecule has 0 atom stereocenters. The van der Waals surface area contributed by atoms with Crippen molar-refractivity contribution < 1.29 is 0 Å². The van der Waals surface area contributed by atoms with Gasteiger partial charge in [-0.1, -0.05) is 103 Å². The van der Waals surface area contributed by atoms with E-state index in [-0.39, 0.29) is 0 Å². The molecule has 3 aromatic heterocycles. The van der Waals surface area contributed by atoms with Gasteiger partial charge in [0, 0.05) is 20.5 Å². The van der Waals surface area contributed by atoms with Crippen LogP contribution < -0.4 is 0 Å². The van der Waals surface area contributed by atoms with E-state index in [1.165, 1.54) is 53.9 Å². The molecule has 3 nitrogen and oxygen atoms in total. The first-order chi connectivity index (χ1) is 22.3. The summed E-state index contributed by atoms with van der Waals surface area (Å²) >= 11 is 1.92. The van der Waals surface area contributed by atoms with E-state index in [0.29, 0.717) is 0 Å². The summed E-state index contributed by atoms with van der Waals surface area (Å²) in [5, 5.41) is 2.40. The molecule has 0 saturated heterocycles. The summed E-state index contributed by atoms with van der Waals surface area (Å²) in [6, 6.07) is 50.8. The molecule has 0 radical (unpaired) electrons. The predicted octanol–water partition coefficient (Wildman–Crippen LogP) is 10.3. The molecular formula is C41H23N3S. The number of thiophene rings is 1. The summed E-state index contributed by atoms with van der Waals surface area (Å²) < 4.78 is 3.59. The van der Waals surface area contributed by atoms with Gasteiger partial charge in [0.05, 0.1) is 22.0 Å². The lowest BCUT2D eigenvalue weighted by atomic mass is 9.70. The van der Waals surface area contributed by atoms with Gasteiger partial charge in [-0.05, 0) is 80.7 Å². The Morgan fingerprint density at radius 1 is 0.533 bits per heavy atom. The SMILES string of the molecule is c1ccc2c(c1)-c1ccccc1C21c2cc(-c3nc4ccccc4c4nc5ccccc5n34)ccc2-c2sc3ccccc3c21. The molecule has 0 saturated carbocycles. The van der Waals surface area contributed by atoms with Crippen molar-refractivity contribution in [2.45, 2.75) is 5.41 Å². The number of aromatic nitrogens is 3.